The summed E-state index contributed by atoms with van der Waals surface area (Å²) in [4.78, 5) is 10.7. The number of rotatable bonds is 5. The third-order valence-corrected chi connectivity index (χ3v) is 3.02. The average Bonchev–Trinajstić information content (AvgIpc) is 2.45. The molecule has 21 heavy (non-hydrogen) atoms. The molecule has 0 aromatic heterocycles. The van der Waals surface area contributed by atoms with E-state index in [1.807, 2.05) is 12.1 Å². The lowest BCUT2D eigenvalue weighted by Gasteiger charge is -2.09. The van der Waals surface area contributed by atoms with Gasteiger partial charge in [0.05, 0.1) is 11.3 Å². The van der Waals surface area contributed by atoms with Crippen molar-refractivity contribution >= 4 is 17.3 Å². The van der Waals surface area contributed by atoms with Crippen LogP contribution in [0.1, 0.15) is 15.9 Å². The Bertz CT molecular complexity index is 657. The van der Waals surface area contributed by atoms with Crippen molar-refractivity contribution in [3.63, 3.8) is 0 Å². The van der Waals surface area contributed by atoms with Gasteiger partial charge < -0.3 is 16.2 Å². The summed E-state index contributed by atoms with van der Waals surface area (Å²) in [5.74, 6) is -4.05. The minimum absolute atomic E-state index is 0.0621. The molecule has 4 nitrogen and oxygen atoms in total. The van der Waals surface area contributed by atoms with Crippen LogP contribution in [0.25, 0.3) is 0 Å². The van der Waals surface area contributed by atoms with Crippen molar-refractivity contribution in [2.45, 2.75) is 6.42 Å². The van der Waals surface area contributed by atoms with E-state index in [4.69, 9.17) is 10.8 Å². The monoisotopic (exact) mass is 292 g/mol. The molecule has 0 aliphatic rings. The van der Waals surface area contributed by atoms with E-state index in [2.05, 4.69) is 5.32 Å². The van der Waals surface area contributed by atoms with Gasteiger partial charge in [0, 0.05) is 12.2 Å². The second kappa shape index (κ2) is 6.21. The lowest BCUT2D eigenvalue weighted by molar-refractivity contribution is 0.0690. The second-order valence-electron chi connectivity index (χ2n) is 4.51. The standard InChI is InChI=1S/C15H14F2N2O2/c16-13-11(15(20)21)5-6-12(14(13)17)19-8-7-9-1-3-10(18)4-2-9/h1-6,19H,7-8,18H2,(H,20,21). The molecule has 0 radical (unpaired) electrons. The van der Waals surface area contributed by atoms with Gasteiger partial charge in [0.25, 0.3) is 0 Å². The first kappa shape index (κ1) is 14.8. The molecule has 0 saturated heterocycles. The molecule has 6 heteroatoms. The van der Waals surface area contributed by atoms with Crippen LogP contribution in [-0.2, 0) is 6.42 Å². The average molecular weight is 292 g/mol. The first-order valence-electron chi connectivity index (χ1n) is 6.28. The van der Waals surface area contributed by atoms with Gasteiger partial charge in [0.15, 0.2) is 11.6 Å². The minimum atomic E-state index is -1.50. The zero-order valence-electron chi connectivity index (χ0n) is 11.1. The molecule has 2 aromatic rings. The van der Waals surface area contributed by atoms with Crippen LogP contribution in [0.5, 0.6) is 0 Å². The Morgan fingerprint density at radius 2 is 1.76 bits per heavy atom. The van der Waals surface area contributed by atoms with Crippen molar-refractivity contribution in [2.24, 2.45) is 0 Å². The normalized spacial score (nSPS) is 10.4. The predicted molar refractivity (Wildman–Crippen MR) is 76.4 cm³/mol. The van der Waals surface area contributed by atoms with Gasteiger partial charge in [-0.25, -0.2) is 13.6 Å². The van der Waals surface area contributed by atoms with E-state index in [-0.39, 0.29) is 5.69 Å². The van der Waals surface area contributed by atoms with Gasteiger partial charge in [-0.2, -0.15) is 0 Å². The largest absolute Gasteiger partial charge is 0.478 e. The summed E-state index contributed by atoms with van der Waals surface area (Å²) in [6.07, 6.45) is 0.599. The molecular formula is C15H14F2N2O2. The van der Waals surface area contributed by atoms with E-state index in [0.29, 0.717) is 18.7 Å². The molecule has 0 heterocycles. The number of benzene rings is 2. The summed E-state index contributed by atoms with van der Waals surface area (Å²) in [5, 5.41) is 11.4. The number of halogens is 2. The highest BCUT2D eigenvalue weighted by Crippen LogP contribution is 2.20. The number of nitrogen functional groups attached to an aromatic ring is 1. The minimum Gasteiger partial charge on any atom is -0.478 e. The van der Waals surface area contributed by atoms with Gasteiger partial charge in [-0.05, 0) is 36.2 Å². The van der Waals surface area contributed by atoms with Crippen LogP contribution in [0.4, 0.5) is 20.2 Å². The molecule has 0 unspecified atom stereocenters. The van der Waals surface area contributed by atoms with Gasteiger partial charge in [0.1, 0.15) is 0 Å². The highest BCUT2D eigenvalue weighted by Gasteiger charge is 2.17. The molecule has 0 atom stereocenters. The number of anilines is 2. The molecule has 0 fully saturated rings. The Hall–Kier alpha value is -2.63. The fourth-order valence-electron chi connectivity index (χ4n) is 1.88. The van der Waals surface area contributed by atoms with Crippen LogP contribution in [0.3, 0.4) is 0 Å². The molecule has 0 saturated carbocycles. The number of hydrogen-bond acceptors (Lipinski definition) is 3. The van der Waals surface area contributed by atoms with Gasteiger partial charge >= 0.3 is 5.97 Å². The van der Waals surface area contributed by atoms with Crippen molar-refractivity contribution in [3.05, 3.63) is 59.2 Å². The van der Waals surface area contributed by atoms with Crippen LogP contribution < -0.4 is 11.1 Å². The van der Waals surface area contributed by atoms with E-state index >= 15 is 0 Å². The van der Waals surface area contributed by atoms with Crippen molar-refractivity contribution < 1.29 is 18.7 Å². The summed E-state index contributed by atoms with van der Waals surface area (Å²) in [7, 11) is 0. The molecule has 2 aromatic carbocycles. The lowest BCUT2D eigenvalue weighted by Crippen LogP contribution is -2.10. The van der Waals surface area contributed by atoms with Crippen LogP contribution >= 0.6 is 0 Å². The van der Waals surface area contributed by atoms with Crippen molar-refractivity contribution in [1.29, 1.82) is 0 Å². The molecule has 0 amide bonds. The number of hydrogen-bond donors (Lipinski definition) is 3. The smallest absolute Gasteiger partial charge is 0.338 e. The molecule has 0 bridgehead atoms. The van der Waals surface area contributed by atoms with Gasteiger partial charge in [-0.3, -0.25) is 0 Å². The van der Waals surface area contributed by atoms with Crippen molar-refractivity contribution in [2.75, 3.05) is 17.6 Å². The number of carboxylic acids is 1. The third-order valence-electron chi connectivity index (χ3n) is 3.02. The number of aromatic carboxylic acids is 1. The zero-order chi connectivity index (χ0) is 15.4. The van der Waals surface area contributed by atoms with Crippen LogP contribution in [0, 0.1) is 11.6 Å². The van der Waals surface area contributed by atoms with Crippen LogP contribution in [0.15, 0.2) is 36.4 Å². The molecule has 0 aliphatic heterocycles. The summed E-state index contributed by atoms with van der Waals surface area (Å²) in [6, 6.07) is 9.47. The fraction of sp³-hybridized carbons (Fsp3) is 0.133. The molecule has 0 spiro atoms. The number of nitrogens with two attached hydrogens (primary N) is 1. The highest BCUT2D eigenvalue weighted by atomic mass is 19.2. The fourth-order valence-corrected chi connectivity index (χ4v) is 1.88. The molecule has 4 N–H and O–H groups in total. The highest BCUT2D eigenvalue weighted by molar-refractivity contribution is 5.88. The maximum Gasteiger partial charge on any atom is 0.338 e. The van der Waals surface area contributed by atoms with Crippen LogP contribution in [0.2, 0.25) is 0 Å². The van der Waals surface area contributed by atoms with E-state index in [9.17, 15) is 13.6 Å². The van der Waals surface area contributed by atoms with E-state index in [1.54, 1.807) is 12.1 Å². The second-order valence-corrected chi connectivity index (χ2v) is 4.51. The van der Waals surface area contributed by atoms with Crippen LogP contribution in [-0.4, -0.2) is 17.6 Å². The summed E-state index contributed by atoms with van der Waals surface area (Å²) < 4.78 is 27.2. The first-order chi connectivity index (χ1) is 9.99. The number of carbonyl (C=O) groups is 1. The van der Waals surface area contributed by atoms with Crippen molar-refractivity contribution in [1.82, 2.24) is 0 Å². The number of nitrogens with one attached hydrogen (secondary N) is 1. The maximum atomic E-state index is 13.7. The summed E-state index contributed by atoms with van der Waals surface area (Å²) in [6.45, 7) is 0.382. The molecule has 0 aliphatic carbocycles. The molecule has 2 rings (SSSR count). The predicted octanol–water partition coefficient (Wildman–Crippen LogP) is 2.90. The first-order valence-corrected chi connectivity index (χ1v) is 6.28. The zero-order valence-corrected chi connectivity index (χ0v) is 11.1. The quantitative estimate of drug-likeness (QED) is 0.741. The maximum absolute atomic E-state index is 13.7. The molecular weight excluding hydrogens is 278 g/mol. The Morgan fingerprint density at radius 3 is 2.38 bits per heavy atom. The van der Waals surface area contributed by atoms with Gasteiger partial charge in [0.2, 0.25) is 0 Å². The SMILES string of the molecule is Nc1ccc(CCNc2ccc(C(=O)O)c(F)c2F)cc1. The number of carboxylic acid groups (broad SMARTS) is 1. The Labute approximate surface area is 120 Å². The summed E-state index contributed by atoms with van der Waals surface area (Å²) in [5.41, 5.74) is 6.48. The summed E-state index contributed by atoms with van der Waals surface area (Å²) >= 11 is 0. The topological polar surface area (TPSA) is 75.3 Å². The van der Waals surface area contributed by atoms with Gasteiger partial charge in [-0.15, -0.1) is 0 Å². The van der Waals surface area contributed by atoms with Gasteiger partial charge in [-0.1, -0.05) is 12.1 Å². The lowest BCUT2D eigenvalue weighted by atomic mass is 10.1. The van der Waals surface area contributed by atoms with Crippen molar-refractivity contribution in [3.8, 4) is 0 Å². The Balaban J connectivity index is 2.02. The van der Waals surface area contributed by atoms with E-state index in [0.717, 1.165) is 11.6 Å². The third kappa shape index (κ3) is 3.47. The Morgan fingerprint density at radius 1 is 1.10 bits per heavy atom. The van der Waals surface area contributed by atoms with E-state index < -0.39 is 23.2 Å². The van der Waals surface area contributed by atoms with E-state index in [1.165, 1.54) is 6.07 Å². The molecule has 110 valence electrons. The Kier molecular flexibility index (Phi) is 4.37.